The van der Waals surface area contributed by atoms with E-state index in [1.807, 2.05) is 0 Å². The molecule has 1 heterocycles. The van der Waals surface area contributed by atoms with Crippen molar-refractivity contribution in [3.63, 3.8) is 0 Å². The van der Waals surface area contributed by atoms with E-state index in [2.05, 4.69) is 39.4 Å². The van der Waals surface area contributed by atoms with E-state index in [9.17, 15) is 0 Å². The summed E-state index contributed by atoms with van der Waals surface area (Å²) in [5.41, 5.74) is 1.42. The molecule has 1 aliphatic heterocycles. The fourth-order valence-electron chi connectivity index (χ4n) is 3.09. The molecule has 1 saturated carbocycles. The number of piperidine rings is 1. The minimum absolute atomic E-state index is 0.787. The van der Waals surface area contributed by atoms with Gasteiger partial charge in [-0.2, -0.15) is 0 Å². The predicted molar refractivity (Wildman–Crippen MR) is 86.3 cm³/mol. The summed E-state index contributed by atoms with van der Waals surface area (Å²) in [7, 11) is 0. The molecule has 1 aromatic carbocycles. The number of benzene rings is 1. The molecule has 2 nitrogen and oxygen atoms in total. The third-order valence-corrected chi connectivity index (χ3v) is 5.24. The maximum absolute atomic E-state index is 5.93. The van der Waals surface area contributed by atoms with Crippen LogP contribution >= 0.6 is 15.9 Å². The molecule has 2 aliphatic rings. The van der Waals surface area contributed by atoms with Crippen molar-refractivity contribution in [2.75, 3.05) is 19.7 Å². The smallest absolute Gasteiger partial charge is 0.133 e. The Kier molecular flexibility index (Phi) is 5.00. The highest BCUT2D eigenvalue weighted by atomic mass is 79.9. The van der Waals surface area contributed by atoms with Crippen molar-refractivity contribution in [3.8, 4) is 5.75 Å². The van der Waals surface area contributed by atoms with Gasteiger partial charge in [0, 0.05) is 0 Å². The first kappa shape index (κ1) is 14.4. The lowest BCUT2D eigenvalue weighted by molar-refractivity contribution is 0.180. The Morgan fingerprint density at radius 3 is 2.65 bits per heavy atom. The molecule has 1 atom stereocenters. The van der Waals surface area contributed by atoms with Crippen LogP contribution in [0.25, 0.3) is 0 Å². The average molecular weight is 338 g/mol. The van der Waals surface area contributed by atoms with Crippen LogP contribution in [0.1, 0.15) is 37.7 Å². The largest absolute Gasteiger partial charge is 0.492 e. The van der Waals surface area contributed by atoms with Gasteiger partial charge in [-0.1, -0.05) is 12.5 Å². The van der Waals surface area contributed by atoms with Gasteiger partial charge in [-0.25, -0.2) is 0 Å². The van der Waals surface area contributed by atoms with Crippen molar-refractivity contribution in [3.05, 3.63) is 28.2 Å². The third kappa shape index (κ3) is 3.76. The predicted octanol–water partition coefficient (Wildman–Crippen LogP) is 4.17. The van der Waals surface area contributed by atoms with Gasteiger partial charge in [0.15, 0.2) is 0 Å². The molecule has 1 unspecified atom stereocenters. The van der Waals surface area contributed by atoms with Gasteiger partial charge in [0.05, 0.1) is 11.1 Å². The Morgan fingerprint density at radius 2 is 2.00 bits per heavy atom. The highest BCUT2D eigenvalue weighted by molar-refractivity contribution is 9.10. The Hall–Kier alpha value is -0.540. The van der Waals surface area contributed by atoms with Crippen LogP contribution in [0.2, 0.25) is 0 Å². The van der Waals surface area contributed by atoms with Gasteiger partial charge in [-0.3, -0.25) is 0 Å². The maximum atomic E-state index is 5.93. The SMILES string of the molecule is Brc1cc(CC2CCCNC2)ccc1OCC1CCC1. The summed E-state index contributed by atoms with van der Waals surface area (Å²) in [6.07, 6.45) is 7.89. The molecular weight excluding hydrogens is 314 g/mol. The van der Waals surface area contributed by atoms with E-state index >= 15 is 0 Å². The molecule has 2 fully saturated rings. The molecule has 1 aliphatic carbocycles. The molecule has 3 heteroatoms. The van der Waals surface area contributed by atoms with E-state index < -0.39 is 0 Å². The van der Waals surface area contributed by atoms with Gasteiger partial charge in [-0.05, 0) is 90.7 Å². The molecule has 0 spiro atoms. The second-order valence-corrected chi connectivity index (χ2v) is 7.14. The second-order valence-electron chi connectivity index (χ2n) is 6.29. The fourth-order valence-corrected chi connectivity index (χ4v) is 3.63. The molecule has 1 N–H and O–H groups in total. The normalized spacial score (nSPS) is 23.4. The number of ether oxygens (including phenoxy) is 1. The Bertz CT molecular complexity index is 439. The summed E-state index contributed by atoms with van der Waals surface area (Å²) in [4.78, 5) is 0. The van der Waals surface area contributed by atoms with Gasteiger partial charge < -0.3 is 10.1 Å². The van der Waals surface area contributed by atoms with Crippen molar-refractivity contribution in [2.45, 2.75) is 38.5 Å². The van der Waals surface area contributed by atoms with E-state index in [4.69, 9.17) is 4.74 Å². The zero-order valence-corrected chi connectivity index (χ0v) is 13.6. The van der Waals surface area contributed by atoms with E-state index in [0.29, 0.717) is 0 Å². The van der Waals surface area contributed by atoms with Crippen LogP contribution in [0.15, 0.2) is 22.7 Å². The van der Waals surface area contributed by atoms with Gasteiger partial charge in [0.25, 0.3) is 0 Å². The van der Waals surface area contributed by atoms with Crippen LogP contribution in [0.3, 0.4) is 0 Å². The quantitative estimate of drug-likeness (QED) is 0.870. The average Bonchev–Trinajstić information content (AvgIpc) is 2.40. The van der Waals surface area contributed by atoms with Crippen LogP contribution in [0, 0.1) is 11.8 Å². The zero-order valence-electron chi connectivity index (χ0n) is 12.0. The minimum Gasteiger partial charge on any atom is -0.492 e. The van der Waals surface area contributed by atoms with Crippen LogP contribution in [0.5, 0.6) is 5.75 Å². The monoisotopic (exact) mass is 337 g/mol. The summed E-state index contributed by atoms with van der Waals surface area (Å²) in [6.45, 7) is 3.23. The third-order valence-electron chi connectivity index (χ3n) is 4.62. The molecule has 3 rings (SSSR count). The topological polar surface area (TPSA) is 21.3 Å². The second kappa shape index (κ2) is 6.95. The number of nitrogens with one attached hydrogen (secondary N) is 1. The summed E-state index contributed by atoms with van der Waals surface area (Å²) < 4.78 is 7.04. The molecule has 0 bridgehead atoms. The molecule has 20 heavy (non-hydrogen) atoms. The van der Waals surface area contributed by atoms with Crippen LogP contribution in [0.4, 0.5) is 0 Å². The van der Waals surface area contributed by atoms with Crippen molar-refractivity contribution in [1.82, 2.24) is 5.32 Å². The summed E-state index contributed by atoms with van der Waals surface area (Å²) >= 11 is 3.66. The fraction of sp³-hybridized carbons (Fsp3) is 0.647. The Labute approximate surface area is 130 Å². The molecule has 1 saturated heterocycles. The number of halogens is 1. The molecule has 1 aromatic rings. The van der Waals surface area contributed by atoms with Crippen molar-refractivity contribution < 1.29 is 4.74 Å². The van der Waals surface area contributed by atoms with Crippen LogP contribution in [-0.4, -0.2) is 19.7 Å². The molecule has 0 radical (unpaired) electrons. The van der Waals surface area contributed by atoms with Crippen molar-refractivity contribution in [1.29, 1.82) is 0 Å². The summed E-state index contributed by atoms with van der Waals surface area (Å²) in [5, 5.41) is 3.49. The summed E-state index contributed by atoms with van der Waals surface area (Å²) in [5.74, 6) is 2.58. The Morgan fingerprint density at radius 1 is 1.15 bits per heavy atom. The van der Waals surface area contributed by atoms with E-state index in [1.54, 1.807) is 0 Å². The number of rotatable bonds is 5. The van der Waals surface area contributed by atoms with Gasteiger partial charge in [0.2, 0.25) is 0 Å². The number of hydrogen-bond acceptors (Lipinski definition) is 2. The molecule has 0 amide bonds. The highest BCUT2D eigenvalue weighted by Gasteiger charge is 2.18. The van der Waals surface area contributed by atoms with Crippen LogP contribution < -0.4 is 10.1 Å². The van der Waals surface area contributed by atoms with E-state index in [1.165, 1.54) is 50.6 Å². The lowest BCUT2D eigenvalue weighted by atomic mass is 9.86. The lowest BCUT2D eigenvalue weighted by Crippen LogP contribution is -2.30. The first-order valence-electron chi connectivity index (χ1n) is 7.93. The van der Waals surface area contributed by atoms with Gasteiger partial charge in [-0.15, -0.1) is 0 Å². The van der Waals surface area contributed by atoms with Crippen LogP contribution in [-0.2, 0) is 6.42 Å². The van der Waals surface area contributed by atoms with Crippen molar-refractivity contribution in [2.24, 2.45) is 11.8 Å². The first-order chi connectivity index (χ1) is 9.81. The maximum Gasteiger partial charge on any atom is 0.133 e. The molecule has 110 valence electrons. The molecule has 0 aromatic heterocycles. The lowest BCUT2D eigenvalue weighted by Gasteiger charge is -2.25. The molecular formula is C17H24BrNO. The number of hydrogen-bond donors (Lipinski definition) is 1. The zero-order chi connectivity index (χ0) is 13.8. The van der Waals surface area contributed by atoms with Gasteiger partial charge >= 0.3 is 0 Å². The van der Waals surface area contributed by atoms with E-state index in [-0.39, 0.29) is 0 Å². The summed E-state index contributed by atoms with van der Waals surface area (Å²) in [6, 6.07) is 6.61. The minimum atomic E-state index is 0.787. The van der Waals surface area contributed by atoms with Crippen molar-refractivity contribution >= 4 is 15.9 Å². The van der Waals surface area contributed by atoms with E-state index in [0.717, 1.165) is 35.2 Å². The Balaban J connectivity index is 1.55. The first-order valence-corrected chi connectivity index (χ1v) is 8.72. The highest BCUT2D eigenvalue weighted by Crippen LogP contribution is 2.31. The van der Waals surface area contributed by atoms with Gasteiger partial charge in [0.1, 0.15) is 5.75 Å². The standard InChI is InChI=1S/C17H24BrNO/c18-16-10-14(9-15-5-2-8-19-11-15)6-7-17(16)20-12-13-3-1-4-13/h6-7,10,13,15,19H,1-5,8-9,11-12H2.